The second-order valence-corrected chi connectivity index (χ2v) is 4.73. The molecule has 0 saturated carbocycles. The lowest BCUT2D eigenvalue weighted by atomic mass is 10.2. The SMILES string of the molecule is COc1ccc(-c2noc(CCC(=O)NCCCN)n2)cc1.Cl. The summed E-state index contributed by atoms with van der Waals surface area (Å²) >= 11 is 0. The van der Waals surface area contributed by atoms with Crippen molar-refractivity contribution in [1.29, 1.82) is 0 Å². The van der Waals surface area contributed by atoms with Crippen molar-refractivity contribution >= 4 is 18.3 Å². The molecule has 1 amide bonds. The van der Waals surface area contributed by atoms with Gasteiger partial charge in [0.05, 0.1) is 7.11 Å². The van der Waals surface area contributed by atoms with Gasteiger partial charge in [-0.1, -0.05) is 5.16 Å². The van der Waals surface area contributed by atoms with Crippen LogP contribution in [-0.4, -0.2) is 36.2 Å². The van der Waals surface area contributed by atoms with Crippen LogP contribution in [0.1, 0.15) is 18.7 Å². The quantitative estimate of drug-likeness (QED) is 0.707. The Morgan fingerprint density at radius 1 is 1.35 bits per heavy atom. The molecule has 2 rings (SSSR count). The van der Waals surface area contributed by atoms with Gasteiger partial charge in [-0.15, -0.1) is 12.4 Å². The Bertz CT molecular complexity index is 601. The molecule has 7 nitrogen and oxygen atoms in total. The third kappa shape index (κ3) is 5.88. The number of nitrogens with one attached hydrogen (secondary N) is 1. The Kier molecular flexibility index (Phi) is 8.07. The predicted molar refractivity (Wildman–Crippen MR) is 88.5 cm³/mol. The zero-order valence-corrected chi connectivity index (χ0v) is 13.8. The summed E-state index contributed by atoms with van der Waals surface area (Å²) in [6.07, 6.45) is 1.50. The standard InChI is InChI=1S/C15H20N4O3.ClH/c1-21-12-5-3-11(4-6-12)15-18-14(22-19-15)8-7-13(20)17-10-2-9-16;/h3-6H,2,7-10,16H2,1H3,(H,17,20);1H. The Morgan fingerprint density at radius 2 is 2.09 bits per heavy atom. The fraction of sp³-hybridized carbons (Fsp3) is 0.400. The van der Waals surface area contributed by atoms with E-state index in [2.05, 4.69) is 15.5 Å². The number of nitrogens with zero attached hydrogens (tertiary/aromatic N) is 2. The molecule has 8 heteroatoms. The largest absolute Gasteiger partial charge is 0.497 e. The second-order valence-electron chi connectivity index (χ2n) is 4.73. The molecule has 1 aromatic heterocycles. The number of aromatic nitrogens is 2. The average Bonchev–Trinajstić information content (AvgIpc) is 3.02. The average molecular weight is 341 g/mol. The second kappa shape index (κ2) is 9.81. The first-order chi connectivity index (χ1) is 10.7. The molecule has 0 bridgehead atoms. The number of methoxy groups -OCH3 is 1. The van der Waals surface area contributed by atoms with Gasteiger partial charge in [-0.2, -0.15) is 4.98 Å². The van der Waals surface area contributed by atoms with Crippen LogP contribution in [0.3, 0.4) is 0 Å². The molecule has 1 aromatic carbocycles. The van der Waals surface area contributed by atoms with E-state index in [1.807, 2.05) is 24.3 Å². The molecule has 3 N–H and O–H groups in total. The number of aryl methyl sites for hydroxylation is 1. The first-order valence-corrected chi connectivity index (χ1v) is 7.16. The third-order valence-electron chi connectivity index (χ3n) is 3.09. The van der Waals surface area contributed by atoms with Gasteiger partial charge in [0.1, 0.15) is 5.75 Å². The van der Waals surface area contributed by atoms with Crippen LogP contribution in [0.4, 0.5) is 0 Å². The number of amides is 1. The van der Waals surface area contributed by atoms with Gasteiger partial charge >= 0.3 is 0 Å². The van der Waals surface area contributed by atoms with Crippen LogP contribution >= 0.6 is 12.4 Å². The van der Waals surface area contributed by atoms with Crippen LogP contribution in [0.25, 0.3) is 11.4 Å². The summed E-state index contributed by atoms with van der Waals surface area (Å²) in [7, 11) is 1.61. The molecule has 126 valence electrons. The van der Waals surface area contributed by atoms with Crippen molar-refractivity contribution in [3.63, 3.8) is 0 Å². The summed E-state index contributed by atoms with van der Waals surface area (Å²) in [4.78, 5) is 15.9. The van der Waals surface area contributed by atoms with Crippen molar-refractivity contribution in [3.05, 3.63) is 30.2 Å². The first kappa shape index (κ1) is 18.9. The maximum absolute atomic E-state index is 11.6. The van der Waals surface area contributed by atoms with Crippen molar-refractivity contribution in [1.82, 2.24) is 15.5 Å². The summed E-state index contributed by atoms with van der Waals surface area (Å²) in [5, 5.41) is 6.70. The van der Waals surface area contributed by atoms with E-state index in [-0.39, 0.29) is 18.3 Å². The Labute approximate surface area is 141 Å². The molecule has 0 aliphatic heterocycles. The number of ether oxygens (including phenoxy) is 1. The Balaban J connectivity index is 0.00000264. The lowest BCUT2D eigenvalue weighted by Gasteiger charge is -2.01. The smallest absolute Gasteiger partial charge is 0.227 e. The fourth-order valence-electron chi connectivity index (χ4n) is 1.85. The summed E-state index contributed by atoms with van der Waals surface area (Å²) in [6, 6.07) is 7.37. The van der Waals surface area contributed by atoms with Crippen LogP contribution in [0.15, 0.2) is 28.8 Å². The summed E-state index contributed by atoms with van der Waals surface area (Å²) in [6.45, 7) is 1.16. The monoisotopic (exact) mass is 340 g/mol. The molecule has 0 fully saturated rings. The number of carbonyl (C=O) groups is 1. The predicted octanol–water partition coefficient (Wildman–Crippen LogP) is 1.56. The first-order valence-electron chi connectivity index (χ1n) is 7.16. The molecular weight excluding hydrogens is 320 g/mol. The number of rotatable bonds is 8. The van der Waals surface area contributed by atoms with E-state index >= 15 is 0 Å². The molecule has 0 spiro atoms. The Hall–Kier alpha value is -2.12. The molecule has 2 aromatic rings. The molecule has 0 unspecified atom stereocenters. The van der Waals surface area contributed by atoms with Crippen molar-refractivity contribution in [2.45, 2.75) is 19.3 Å². The number of halogens is 1. The zero-order valence-electron chi connectivity index (χ0n) is 12.9. The van der Waals surface area contributed by atoms with Gasteiger partial charge in [-0.3, -0.25) is 4.79 Å². The molecule has 0 aliphatic rings. The minimum Gasteiger partial charge on any atom is -0.497 e. The van der Waals surface area contributed by atoms with E-state index in [4.69, 9.17) is 15.0 Å². The maximum Gasteiger partial charge on any atom is 0.227 e. The summed E-state index contributed by atoms with van der Waals surface area (Å²) < 4.78 is 10.3. The van der Waals surface area contributed by atoms with E-state index in [0.717, 1.165) is 17.7 Å². The van der Waals surface area contributed by atoms with E-state index < -0.39 is 0 Å². The number of benzene rings is 1. The van der Waals surface area contributed by atoms with Crippen molar-refractivity contribution in [2.75, 3.05) is 20.2 Å². The lowest BCUT2D eigenvalue weighted by Crippen LogP contribution is -2.26. The zero-order chi connectivity index (χ0) is 15.8. The van der Waals surface area contributed by atoms with Gasteiger partial charge in [0, 0.05) is 24.9 Å². The van der Waals surface area contributed by atoms with Crippen molar-refractivity contribution in [3.8, 4) is 17.1 Å². The lowest BCUT2D eigenvalue weighted by molar-refractivity contribution is -0.121. The van der Waals surface area contributed by atoms with Crippen LogP contribution in [0.5, 0.6) is 5.75 Å². The highest BCUT2D eigenvalue weighted by Gasteiger charge is 2.10. The topological polar surface area (TPSA) is 103 Å². The van der Waals surface area contributed by atoms with Crippen LogP contribution in [0.2, 0.25) is 0 Å². The van der Waals surface area contributed by atoms with Gasteiger partial charge in [-0.05, 0) is 37.2 Å². The number of hydrogen-bond donors (Lipinski definition) is 2. The highest BCUT2D eigenvalue weighted by atomic mass is 35.5. The van der Waals surface area contributed by atoms with Gasteiger partial charge in [0.2, 0.25) is 17.6 Å². The van der Waals surface area contributed by atoms with Crippen LogP contribution in [0, 0.1) is 0 Å². The highest BCUT2D eigenvalue weighted by molar-refractivity contribution is 5.85. The highest BCUT2D eigenvalue weighted by Crippen LogP contribution is 2.19. The summed E-state index contributed by atoms with van der Waals surface area (Å²) in [5.74, 6) is 1.67. The van der Waals surface area contributed by atoms with Gasteiger partial charge in [0.15, 0.2) is 0 Å². The molecule has 1 heterocycles. The minimum absolute atomic E-state index is 0. The number of carbonyl (C=O) groups excluding carboxylic acids is 1. The molecular formula is C15H21ClN4O3. The van der Waals surface area contributed by atoms with Gasteiger partial charge in [-0.25, -0.2) is 0 Å². The number of hydrogen-bond acceptors (Lipinski definition) is 6. The third-order valence-corrected chi connectivity index (χ3v) is 3.09. The van der Waals surface area contributed by atoms with Crippen molar-refractivity contribution in [2.24, 2.45) is 5.73 Å². The van der Waals surface area contributed by atoms with Gasteiger partial charge < -0.3 is 20.3 Å². The molecule has 0 aliphatic carbocycles. The molecule has 0 atom stereocenters. The van der Waals surface area contributed by atoms with Gasteiger partial charge in [0.25, 0.3) is 0 Å². The molecule has 0 saturated heterocycles. The maximum atomic E-state index is 11.6. The van der Waals surface area contributed by atoms with Crippen LogP contribution < -0.4 is 15.8 Å². The molecule has 0 radical (unpaired) electrons. The van der Waals surface area contributed by atoms with Crippen molar-refractivity contribution < 1.29 is 14.1 Å². The normalized spacial score (nSPS) is 10.0. The minimum atomic E-state index is -0.0438. The number of nitrogens with two attached hydrogens (primary N) is 1. The van der Waals surface area contributed by atoms with E-state index in [1.165, 1.54) is 0 Å². The molecule has 23 heavy (non-hydrogen) atoms. The van der Waals surface area contributed by atoms with E-state index in [9.17, 15) is 4.79 Å². The van der Waals surface area contributed by atoms with E-state index in [0.29, 0.717) is 37.6 Å². The summed E-state index contributed by atoms with van der Waals surface area (Å²) in [5.41, 5.74) is 6.20. The fourth-order valence-corrected chi connectivity index (χ4v) is 1.85. The Morgan fingerprint density at radius 3 is 2.74 bits per heavy atom. The van der Waals surface area contributed by atoms with E-state index in [1.54, 1.807) is 7.11 Å². The van der Waals surface area contributed by atoms with Crippen LogP contribution in [-0.2, 0) is 11.2 Å².